The second kappa shape index (κ2) is 10.6. The van der Waals surface area contributed by atoms with Crippen LogP contribution in [0.4, 0.5) is 4.39 Å². The molecule has 0 bridgehead atoms. The highest BCUT2D eigenvalue weighted by molar-refractivity contribution is 5.99. The highest BCUT2D eigenvalue weighted by atomic mass is 19.1. The molecular weight excluding hydrogens is 477 g/mol. The van der Waals surface area contributed by atoms with Crippen LogP contribution in [-0.4, -0.2) is 78.2 Å². The zero-order chi connectivity index (χ0) is 26.0. The lowest BCUT2D eigenvalue weighted by Gasteiger charge is -2.44. The molecule has 3 aliphatic heterocycles. The Kier molecular flexibility index (Phi) is 7.26. The van der Waals surface area contributed by atoms with Crippen LogP contribution in [0, 0.1) is 12.7 Å². The maximum Gasteiger partial charge on any atom is 0.256 e. The molecule has 2 aromatic rings. The summed E-state index contributed by atoms with van der Waals surface area (Å²) in [5.74, 6) is -1.39. The van der Waals surface area contributed by atoms with Gasteiger partial charge in [-0.3, -0.25) is 19.3 Å². The Morgan fingerprint density at radius 2 is 1.86 bits per heavy atom. The largest absolute Gasteiger partial charge is 0.376 e. The zero-order valence-corrected chi connectivity index (χ0v) is 21.0. The molecule has 0 aliphatic carbocycles. The number of piperidine rings is 1. The average Bonchev–Trinajstić information content (AvgIpc) is 3.56. The van der Waals surface area contributed by atoms with E-state index in [1.54, 1.807) is 4.90 Å². The lowest BCUT2D eigenvalue weighted by molar-refractivity contribution is -0.128. The van der Waals surface area contributed by atoms with Crippen LogP contribution in [0.1, 0.15) is 52.0 Å². The van der Waals surface area contributed by atoms with Crippen molar-refractivity contribution in [1.29, 1.82) is 0 Å². The Morgan fingerprint density at radius 1 is 1.08 bits per heavy atom. The lowest BCUT2D eigenvalue weighted by atomic mass is 9.95. The molecule has 8 nitrogen and oxygen atoms in total. The molecule has 1 spiro atoms. The first-order valence-electron chi connectivity index (χ1n) is 12.9. The third-order valence-corrected chi connectivity index (χ3v) is 7.59. The molecule has 3 fully saturated rings. The van der Waals surface area contributed by atoms with Crippen molar-refractivity contribution in [2.75, 3.05) is 32.8 Å². The van der Waals surface area contributed by atoms with Crippen LogP contribution in [-0.2, 0) is 14.3 Å². The first-order chi connectivity index (χ1) is 17.9. The monoisotopic (exact) mass is 509 g/mol. The molecule has 2 aromatic carbocycles. The van der Waals surface area contributed by atoms with E-state index < -0.39 is 23.5 Å². The summed E-state index contributed by atoms with van der Waals surface area (Å²) in [6.07, 6.45) is 2.49. The number of aryl methyl sites for hydroxylation is 1. The molecule has 0 radical (unpaired) electrons. The number of amides is 3. The van der Waals surface area contributed by atoms with Gasteiger partial charge in [0.15, 0.2) is 0 Å². The van der Waals surface area contributed by atoms with Crippen molar-refractivity contribution in [2.24, 2.45) is 0 Å². The van der Waals surface area contributed by atoms with Gasteiger partial charge in [0.1, 0.15) is 17.6 Å². The van der Waals surface area contributed by atoms with Crippen LogP contribution < -0.4 is 5.32 Å². The van der Waals surface area contributed by atoms with E-state index in [9.17, 15) is 18.8 Å². The van der Waals surface area contributed by atoms with Gasteiger partial charge in [0.05, 0.1) is 12.7 Å². The Hall–Kier alpha value is -3.30. The van der Waals surface area contributed by atoms with Crippen molar-refractivity contribution in [1.82, 2.24) is 15.1 Å². The molecule has 0 aromatic heterocycles. The topological polar surface area (TPSA) is 88.2 Å². The number of rotatable bonds is 5. The van der Waals surface area contributed by atoms with E-state index in [0.717, 1.165) is 18.4 Å². The summed E-state index contributed by atoms with van der Waals surface area (Å²) in [4.78, 5) is 43.4. The predicted octanol–water partition coefficient (Wildman–Crippen LogP) is 2.90. The molecule has 3 saturated heterocycles. The normalized spacial score (nSPS) is 22.9. The Morgan fingerprint density at radius 3 is 2.57 bits per heavy atom. The van der Waals surface area contributed by atoms with Gasteiger partial charge in [0.2, 0.25) is 5.91 Å². The number of benzene rings is 2. The van der Waals surface area contributed by atoms with Crippen molar-refractivity contribution in [3.05, 3.63) is 71.0 Å². The lowest BCUT2D eigenvalue weighted by Crippen LogP contribution is -2.60. The highest BCUT2D eigenvalue weighted by Crippen LogP contribution is 2.39. The summed E-state index contributed by atoms with van der Waals surface area (Å²) in [6.45, 7) is 3.71. The minimum Gasteiger partial charge on any atom is -0.376 e. The molecule has 1 N–H and O–H groups in total. The van der Waals surface area contributed by atoms with E-state index in [0.29, 0.717) is 44.6 Å². The third kappa shape index (κ3) is 5.10. The molecule has 3 heterocycles. The molecule has 37 heavy (non-hydrogen) atoms. The molecule has 3 amide bonds. The number of ether oxygens (including phenoxy) is 2. The summed E-state index contributed by atoms with van der Waals surface area (Å²) in [5, 5.41) is 2.91. The molecule has 0 saturated carbocycles. The van der Waals surface area contributed by atoms with E-state index >= 15 is 0 Å². The SMILES string of the molecule is Cc1ccccc1C(=O)N1CCC2(CC1)OC[C@H](C(=O)NC[C@@H]1CCCO1)N2C(=O)c1cccc(F)c1. The molecular formula is C28H32FN3O5. The van der Waals surface area contributed by atoms with E-state index in [-0.39, 0.29) is 30.1 Å². The van der Waals surface area contributed by atoms with Gasteiger partial charge in [-0.05, 0) is 49.6 Å². The number of hydrogen-bond donors (Lipinski definition) is 1. The van der Waals surface area contributed by atoms with Gasteiger partial charge < -0.3 is 19.7 Å². The summed E-state index contributed by atoms with van der Waals surface area (Å²) in [5.41, 5.74) is 0.637. The Bertz CT molecular complexity index is 1170. The first kappa shape index (κ1) is 25.4. The molecule has 5 rings (SSSR count). The predicted molar refractivity (Wildman–Crippen MR) is 133 cm³/mol. The van der Waals surface area contributed by atoms with Gasteiger partial charge >= 0.3 is 0 Å². The van der Waals surface area contributed by atoms with Gasteiger partial charge in [0, 0.05) is 50.2 Å². The molecule has 9 heteroatoms. The van der Waals surface area contributed by atoms with Crippen molar-refractivity contribution >= 4 is 17.7 Å². The maximum atomic E-state index is 14.0. The number of hydrogen-bond acceptors (Lipinski definition) is 5. The second-order valence-corrected chi connectivity index (χ2v) is 9.95. The summed E-state index contributed by atoms with van der Waals surface area (Å²) < 4.78 is 25.8. The van der Waals surface area contributed by atoms with E-state index in [1.165, 1.54) is 29.2 Å². The van der Waals surface area contributed by atoms with Crippen molar-refractivity contribution in [3.63, 3.8) is 0 Å². The number of carbonyl (C=O) groups is 3. The van der Waals surface area contributed by atoms with Gasteiger partial charge in [-0.25, -0.2) is 4.39 Å². The van der Waals surface area contributed by atoms with Gasteiger partial charge in [-0.15, -0.1) is 0 Å². The zero-order valence-electron chi connectivity index (χ0n) is 21.0. The smallest absolute Gasteiger partial charge is 0.256 e. The Labute approximate surface area is 215 Å². The van der Waals surface area contributed by atoms with Gasteiger partial charge in [0.25, 0.3) is 11.8 Å². The van der Waals surface area contributed by atoms with Crippen molar-refractivity contribution in [2.45, 2.75) is 50.5 Å². The minimum absolute atomic E-state index is 0.0319. The maximum absolute atomic E-state index is 14.0. The minimum atomic E-state index is -1.06. The molecule has 3 aliphatic rings. The summed E-state index contributed by atoms with van der Waals surface area (Å²) >= 11 is 0. The van der Waals surface area contributed by atoms with Crippen molar-refractivity contribution in [3.8, 4) is 0 Å². The van der Waals surface area contributed by atoms with E-state index in [4.69, 9.17) is 9.47 Å². The number of carbonyl (C=O) groups excluding carboxylic acids is 3. The van der Waals surface area contributed by atoms with E-state index in [1.807, 2.05) is 31.2 Å². The van der Waals surface area contributed by atoms with Gasteiger partial charge in [-0.1, -0.05) is 24.3 Å². The van der Waals surface area contributed by atoms with Crippen LogP contribution in [0.3, 0.4) is 0 Å². The van der Waals surface area contributed by atoms with Crippen LogP contribution in [0.15, 0.2) is 48.5 Å². The number of nitrogens with one attached hydrogen (secondary N) is 1. The molecule has 196 valence electrons. The average molecular weight is 510 g/mol. The fourth-order valence-corrected chi connectivity index (χ4v) is 5.51. The van der Waals surface area contributed by atoms with Gasteiger partial charge in [-0.2, -0.15) is 0 Å². The first-order valence-corrected chi connectivity index (χ1v) is 12.9. The Balaban J connectivity index is 1.36. The quantitative estimate of drug-likeness (QED) is 0.670. The van der Waals surface area contributed by atoms with Crippen LogP contribution in [0.2, 0.25) is 0 Å². The van der Waals surface area contributed by atoms with Crippen LogP contribution >= 0.6 is 0 Å². The van der Waals surface area contributed by atoms with Crippen molar-refractivity contribution < 1.29 is 28.2 Å². The fourth-order valence-electron chi connectivity index (χ4n) is 5.51. The number of nitrogens with zero attached hydrogens (tertiary/aromatic N) is 2. The van der Waals surface area contributed by atoms with E-state index in [2.05, 4.69) is 5.32 Å². The standard InChI is InChI=1S/C28H32FN3O5/c1-19-6-2-3-10-23(19)27(35)31-13-11-28(12-14-31)32(26(34)20-7-4-8-21(29)16-20)24(18-37-28)25(33)30-17-22-9-5-15-36-22/h2-4,6-8,10,16,22,24H,5,9,11-15,17-18H2,1H3,(H,30,33)/t22-,24+/m0/s1. The second-order valence-electron chi connectivity index (χ2n) is 9.95. The summed E-state index contributed by atoms with van der Waals surface area (Å²) in [6, 6.07) is 12.0. The number of likely N-dealkylation sites (tertiary alicyclic amines) is 1. The number of halogens is 1. The molecule has 2 atom stereocenters. The van der Waals surface area contributed by atoms with Crippen LogP contribution in [0.25, 0.3) is 0 Å². The van der Waals surface area contributed by atoms with Crippen LogP contribution in [0.5, 0.6) is 0 Å². The fraction of sp³-hybridized carbons (Fsp3) is 0.464. The highest BCUT2D eigenvalue weighted by Gasteiger charge is 2.54. The molecule has 0 unspecified atom stereocenters. The summed E-state index contributed by atoms with van der Waals surface area (Å²) in [7, 11) is 0. The third-order valence-electron chi connectivity index (χ3n) is 7.59.